The van der Waals surface area contributed by atoms with Gasteiger partial charge in [-0.3, -0.25) is 29.4 Å². The van der Waals surface area contributed by atoms with Gasteiger partial charge in [-0.1, -0.05) is 63.1 Å². The minimum Gasteiger partial charge on any atom is -0.495 e. The van der Waals surface area contributed by atoms with Crippen molar-refractivity contribution < 1.29 is 62.7 Å². The molecule has 1 aromatic rings. The second-order valence-electron chi connectivity index (χ2n) is 21.1. The number of hydrogen-bond donors (Lipinski definition) is 3. The van der Waals surface area contributed by atoms with Gasteiger partial charge in [-0.25, -0.2) is 9.59 Å². The van der Waals surface area contributed by atoms with Crippen LogP contribution in [-0.2, 0) is 49.3 Å². The van der Waals surface area contributed by atoms with E-state index < -0.39 is 76.7 Å². The number of thioether (sulfide) groups is 1. The number of epoxide rings is 1. The Bertz CT molecular complexity index is 2210. The number of anilines is 1. The molecular weight excluding hydrogens is 944 g/mol. The van der Waals surface area contributed by atoms with Crippen LogP contribution in [0.1, 0.15) is 105 Å². The summed E-state index contributed by atoms with van der Waals surface area (Å²) >= 11 is 8.10. The number of fused-ring (bicyclic) bond motifs is 5. The molecule has 5 aliphatic rings. The number of likely N-dealkylation sites (N-methyl/N-ethyl adjacent to an activating group) is 1. The molecule has 4 bridgehead atoms. The van der Waals surface area contributed by atoms with E-state index in [4.69, 9.17) is 35.3 Å². The number of benzene rings is 1. The Morgan fingerprint density at radius 1 is 1.11 bits per heavy atom. The van der Waals surface area contributed by atoms with Crippen molar-refractivity contribution in [3.05, 3.63) is 46.5 Å². The molecule has 4 fully saturated rings. The lowest BCUT2D eigenvalue weighted by molar-refractivity contribution is -0.162. The number of halogens is 1. The first kappa shape index (κ1) is 55.1. The van der Waals surface area contributed by atoms with Gasteiger partial charge in [0, 0.05) is 76.4 Å². The predicted octanol–water partition coefficient (Wildman–Crippen LogP) is 5.98. The van der Waals surface area contributed by atoms with E-state index in [-0.39, 0.29) is 71.8 Å². The van der Waals surface area contributed by atoms with E-state index in [0.29, 0.717) is 24.4 Å². The van der Waals surface area contributed by atoms with Crippen LogP contribution in [0, 0.1) is 23.2 Å². The zero-order valence-electron chi connectivity index (χ0n) is 42.5. The number of aliphatic hydroxyl groups excluding tert-OH is 1. The van der Waals surface area contributed by atoms with Crippen LogP contribution >= 0.6 is 23.4 Å². The van der Waals surface area contributed by atoms with Gasteiger partial charge in [0.05, 0.1) is 24.2 Å². The number of ether oxygens (including phenoxy) is 5. The van der Waals surface area contributed by atoms with Crippen LogP contribution < -0.4 is 15.0 Å². The van der Waals surface area contributed by atoms with Gasteiger partial charge in [-0.15, -0.1) is 11.8 Å². The van der Waals surface area contributed by atoms with Crippen molar-refractivity contribution in [2.24, 2.45) is 23.2 Å². The van der Waals surface area contributed by atoms with Crippen LogP contribution in [0.2, 0.25) is 5.02 Å². The smallest absolute Gasteiger partial charge is 0.409 e. The lowest BCUT2D eigenvalue weighted by atomic mass is 9.73. The number of alkyl carbamates (subject to hydrolysis) is 1. The van der Waals surface area contributed by atoms with Crippen molar-refractivity contribution >= 4 is 64.6 Å². The third kappa shape index (κ3) is 12.3. The van der Waals surface area contributed by atoms with Gasteiger partial charge in [-0.2, -0.15) is 0 Å². The molecule has 3 saturated heterocycles. The molecule has 4 amide bonds. The summed E-state index contributed by atoms with van der Waals surface area (Å²) in [5.41, 5.74) is -1.30. The molecule has 19 heteroatoms. The molecule has 70 heavy (non-hydrogen) atoms. The molecule has 17 nitrogen and oxygen atoms in total. The summed E-state index contributed by atoms with van der Waals surface area (Å²) in [5.74, 6) is -1.19. The molecule has 0 aromatic heterocycles. The number of methoxy groups -OCH3 is 2. The third-order valence-corrected chi connectivity index (χ3v) is 16.5. The van der Waals surface area contributed by atoms with Crippen LogP contribution in [-0.4, -0.2) is 149 Å². The number of rotatable bonds is 12. The monoisotopic (exact) mass is 1020 g/mol. The number of Topliss-reactive ketones (excluding diaryl/α,β-unsaturated/α-hetero) is 1. The number of nitrogens with one attached hydrogen (secondary N) is 1. The average Bonchev–Trinajstić information content (AvgIpc) is 3.94. The molecule has 0 radical (unpaired) electrons. The quantitative estimate of drug-likeness (QED) is 0.125. The van der Waals surface area contributed by atoms with Crippen molar-refractivity contribution in [3.8, 4) is 5.75 Å². The van der Waals surface area contributed by atoms with Gasteiger partial charge >= 0.3 is 12.1 Å². The summed E-state index contributed by atoms with van der Waals surface area (Å²) in [6.45, 7) is 13.1. The Balaban J connectivity index is 1.14. The number of nitrogens with zero attached hydrogens (tertiary/aromatic N) is 3. The van der Waals surface area contributed by atoms with E-state index in [1.165, 1.54) is 49.8 Å². The Morgan fingerprint density at radius 2 is 1.80 bits per heavy atom. The van der Waals surface area contributed by atoms with Crippen molar-refractivity contribution in [1.29, 1.82) is 0 Å². The minimum atomic E-state index is -1.86. The Kier molecular flexibility index (Phi) is 17.5. The van der Waals surface area contributed by atoms with E-state index in [1.54, 1.807) is 44.0 Å². The van der Waals surface area contributed by atoms with E-state index in [2.05, 4.69) is 5.32 Å². The standard InChI is InChI=1S/C51H73ClN4O13S/c1-28-13-12-14-38(66-11)51(64)26-36(67-48(63)53-51)29(2)45-50(7,69-45)39(25-41(58)55(9)34-22-32(21-28)23-35(65-10)43(34)52)68-47(62)30(3)54(8)40(57)19-20-70-37-24-42(59)56(46(37)61)27-31-15-17-33(18-16-31)44(60)49(4,5)6/h12-14,22-23,29-31,33,36-39,41,45,58,64H,15-21,24-27H2,1-11H3,(H,53,63)/b14-12+,28-13+/t29-,30+,31?,33?,36+,37+,38-,39+,41?,45+,50+,51+/m1/s1. The fourth-order valence-electron chi connectivity index (χ4n) is 10.3. The van der Waals surface area contributed by atoms with Crippen LogP contribution in [0.3, 0.4) is 0 Å². The summed E-state index contributed by atoms with van der Waals surface area (Å²) in [6.07, 6.45) is 2.74. The van der Waals surface area contributed by atoms with E-state index in [9.17, 15) is 39.0 Å². The van der Waals surface area contributed by atoms with Crippen molar-refractivity contribution in [2.75, 3.05) is 45.5 Å². The highest BCUT2D eigenvalue weighted by molar-refractivity contribution is 8.00. The first-order chi connectivity index (χ1) is 32.8. The molecule has 388 valence electrons. The van der Waals surface area contributed by atoms with E-state index in [1.807, 2.05) is 39.8 Å². The molecule has 6 rings (SSSR count). The SMILES string of the molecule is COc1cc2cc(c1Cl)N(C)C(O)C[C@H](OC(=O)[C@H](C)N(C)C(=O)CCS[C@H]1CC(=O)N(CC3CCC(C(=O)C(C)(C)C)CC3)C1=O)[C@]1(C)O[C@H]1[C@H](C)[C@@H]1C[C@@](O)(NC(=O)O1)[C@H](OC)/C=C/C=C(\C)C2. The lowest BCUT2D eigenvalue weighted by Gasteiger charge is -2.42. The number of imide groups is 1. The topological polar surface area (TPSA) is 214 Å². The summed E-state index contributed by atoms with van der Waals surface area (Å²) in [7, 11) is 6.06. The number of likely N-dealkylation sites (tertiary alicyclic amines) is 1. The van der Waals surface area contributed by atoms with Gasteiger partial charge in [0.15, 0.2) is 5.72 Å². The molecule has 4 aliphatic heterocycles. The van der Waals surface area contributed by atoms with Crippen LogP contribution in [0.25, 0.3) is 0 Å². The van der Waals surface area contributed by atoms with Crippen molar-refractivity contribution in [3.63, 3.8) is 0 Å². The van der Waals surface area contributed by atoms with Gasteiger partial charge in [0.2, 0.25) is 17.7 Å². The molecule has 1 saturated carbocycles. The fourth-order valence-corrected chi connectivity index (χ4v) is 11.7. The molecule has 4 heterocycles. The molecule has 3 N–H and O–H groups in total. The first-order valence-corrected chi connectivity index (χ1v) is 25.7. The number of carbonyl (C=O) groups excluding carboxylic acids is 6. The second kappa shape index (κ2) is 22.3. The summed E-state index contributed by atoms with van der Waals surface area (Å²) in [5, 5.41) is 26.0. The number of hydrogen-bond acceptors (Lipinski definition) is 15. The number of allylic oxidation sites excluding steroid dienone is 3. The number of amides is 4. The van der Waals surface area contributed by atoms with E-state index in [0.717, 1.165) is 36.8 Å². The van der Waals surface area contributed by atoms with Gasteiger partial charge in [0.1, 0.15) is 52.7 Å². The van der Waals surface area contributed by atoms with Gasteiger partial charge < -0.3 is 43.7 Å². The van der Waals surface area contributed by atoms with Crippen molar-refractivity contribution in [2.45, 2.75) is 160 Å². The number of aliphatic hydroxyl groups is 2. The van der Waals surface area contributed by atoms with Crippen LogP contribution in [0.5, 0.6) is 5.75 Å². The Hall–Kier alpha value is -4.20. The summed E-state index contributed by atoms with van der Waals surface area (Å²) < 4.78 is 29.6. The summed E-state index contributed by atoms with van der Waals surface area (Å²) in [6, 6.07) is 2.55. The molecule has 1 aliphatic carbocycles. The Labute approximate surface area is 421 Å². The molecular formula is C51H73ClN4O13S. The highest BCUT2D eigenvalue weighted by atomic mass is 35.5. The average molecular weight is 1020 g/mol. The third-order valence-electron chi connectivity index (χ3n) is 14.9. The molecule has 1 unspecified atom stereocenters. The normalized spacial score (nSPS) is 33.5. The zero-order valence-corrected chi connectivity index (χ0v) is 44.0. The first-order valence-electron chi connectivity index (χ1n) is 24.3. The second-order valence-corrected chi connectivity index (χ2v) is 22.8. The maximum atomic E-state index is 14.1. The fraction of sp³-hybridized carbons (Fsp3) is 0.686. The van der Waals surface area contributed by atoms with Crippen LogP contribution in [0.4, 0.5) is 10.5 Å². The van der Waals surface area contributed by atoms with Crippen LogP contribution in [0.15, 0.2) is 35.9 Å². The van der Waals surface area contributed by atoms with Gasteiger partial charge in [-0.05, 0) is 76.5 Å². The minimum absolute atomic E-state index is 0.00399. The van der Waals surface area contributed by atoms with Gasteiger partial charge in [0.25, 0.3) is 0 Å². The molecule has 10 atom stereocenters. The number of ketones is 1. The maximum Gasteiger partial charge on any atom is 0.409 e. The summed E-state index contributed by atoms with van der Waals surface area (Å²) in [4.78, 5) is 84.2. The Morgan fingerprint density at radius 3 is 2.44 bits per heavy atom. The maximum absolute atomic E-state index is 14.1. The molecule has 0 spiro atoms. The highest BCUT2D eigenvalue weighted by Crippen LogP contribution is 2.50. The zero-order chi connectivity index (χ0) is 51.6. The lowest BCUT2D eigenvalue weighted by Crippen LogP contribution is -2.63. The van der Waals surface area contributed by atoms with E-state index >= 15 is 0 Å². The predicted molar refractivity (Wildman–Crippen MR) is 264 cm³/mol. The molecule has 1 aromatic carbocycles. The highest BCUT2D eigenvalue weighted by Gasteiger charge is 2.64. The van der Waals surface area contributed by atoms with Crippen molar-refractivity contribution in [1.82, 2.24) is 15.1 Å². The number of carbonyl (C=O) groups is 6. The largest absolute Gasteiger partial charge is 0.495 e. The number of esters is 1.